The Bertz CT molecular complexity index is 1230. The number of anilines is 2. The summed E-state index contributed by atoms with van der Waals surface area (Å²) in [4.78, 5) is 12.5. The number of rotatable bonds is 7. The zero-order valence-electron chi connectivity index (χ0n) is 17.6. The van der Waals surface area contributed by atoms with E-state index >= 15 is 0 Å². The second-order valence-corrected chi connectivity index (χ2v) is 9.84. The highest BCUT2D eigenvalue weighted by atomic mass is 35.5. The van der Waals surface area contributed by atoms with Crippen LogP contribution in [0.4, 0.5) is 11.4 Å². The number of sulfonamides is 1. The Morgan fingerprint density at radius 3 is 2.09 bits per heavy atom. The molecule has 2 N–H and O–H groups in total. The van der Waals surface area contributed by atoms with Crippen molar-refractivity contribution in [3.63, 3.8) is 0 Å². The molecule has 0 aliphatic carbocycles. The predicted octanol–water partition coefficient (Wildman–Crippen LogP) is 5.82. The average molecular weight is 493 g/mol. The number of aryl methyl sites for hydroxylation is 2. The van der Waals surface area contributed by atoms with Crippen molar-refractivity contribution in [2.45, 2.75) is 31.8 Å². The van der Waals surface area contributed by atoms with Crippen molar-refractivity contribution >= 4 is 50.5 Å². The SMILES string of the molecule is Cc1ccc(O[C@@H](C)C(=O)Nc2ccc(S(=O)(=O)Nc3cc(Cl)cc(Cl)c3)cc2)cc1C. The largest absolute Gasteiger partial charge is 0.481 e. The first-order chi connectivity index (χ1) is 15.0. The zero-order chi connectivity index (χ0) is 23.5. The van der Waals surface area contributed by atoms with Crippen molar-refractivity contribution in [1.29, 1.82) is 0 Å². The molecule has 168 valence electrons. The van der Waals surface area contributed by atoms with E-state index in [1.165, 1.54) is 42.5 Å². The van der Waals surface area contributed by atoms with Crippen LogP contribution in [0.5, 0.6) is 5.75 Å². The minimum atomic E-state index is -3.86. The van der Waals surface area contributed by atoms with Gasteiger partial charge in [0.25, 0.3) is 15.9 Å². The molecule has 0 radical (unpaired) electrons. The van der Waals surface area contributed by atoms with Crippen LogP contribution in [0.25, 0.3) is 0 Å². The van der Waals surface area contributed by atoms with Gasteiger partial charge in [0.05, 0.1) is 10.6 Å². The molecule has 32 heavy (non-hydrogen) atoms. The van der Waals surface area contributed by atoms with Gasteiger partial charge < -0.3 is 10.1 Å². The van der Waals surface area contributed by atoms with Crippen LogP contribution in [0, 0.1) is 13.8 Å². The minimum Gasteiger partial charge on any atom is -0.481 e. The second-order valence-electron chi connectivity index (χ2n) is 7.28. The van der Waals surface area contributed by atoms with Crippen LogP contribution in [-0.4, -0.2) is 20.4 Å². The normalized spacial score (nSPS) is 12.2. The number of benzene rings is 3. The van der Waals surface area contributed by atoms with E-state index in [2.05, 4.69) is 10.0 Å². The van der Waals surface area contributed by atoms with E-state index in [1.54, 1.807) is 6.92 Å². The molecular weight excluding hydrogens is 471 g/mol. The lowest BCUT2D eigenvalue weighted by molar-refractivity contribution is -0.122. The van der Waals surface area contributed by atoms with Crippen molar-refractivity contribution in [3.8, 4) is 5.75 Å². The van der Waals surface area contributed by atoms with Gasteiger partial charge in [-0.2, -0.15) is 0 Å². The van der Waals surface area contributed by atoms with Gasteiger partial charge in [-0.1, -0.05) is 29.3 Å². The first-order valence-electron chi connectivity index (χ1n) is 9.67. The molecule has 3 rings (SSSR count). The number of halogens is 2. The highest BCUT2D eigenvalue weighted by Crippen LogP contribution is 2.25. The monoisotopic (exact) mass is 492 g/mol. The molecule has 0 saturated heterocycles. The molecule has 1 amide bonds. The van der Waals surface area contributed by atoms with Crippen molar-refractivity contribution in [1.82, 2.24) is 0 Å². The molecule has 0 spiro atoms. The Labute approximate surface area is 197 Å². The highest BCUT2D eigenvalue weighted by molar-refractivity contribution is 7.92. The van der Waals surface area contributed by atoms with Crippen molar-refractivity contribution in [2.75, 3.05) is 10.0 Å². The number of hydrogen-bond acceptors (Lipinski definition) is 4. The number of carbonyl (C=O) groups is 1. The Morgan fingerprint density at radius 1 is 0.875 bits per heavy atom. The molecular formula is C23H22Cl2N2O4S. The fourth-order valence-electron chi connectivity index (χ4n) is 2.83. The minimum absolute atomic E-state index is 0.0195. The van der Waals surface area contributed by atoms with E-state index in [1.807, 2.05) is 32.0 Å². The van der Waals surface area contributed by atoms with Gasteiger partial charge >= 0.3 is 0 Å². The summed E-state index contributed by atoms with van der Waals surface area (Å²) in [5.41, 5.74) is 2.89. The van der Waals surface area contributed by atoms with Crippen LogP contribution in [0.1, 0.15) is 18.1 Å². The van der Waals surface area contributed by atoms with E-state index in [4.69, 9.17) is 27.9 Å². The van der Waals surface area contributed by atoms with E-state index in [0.29, 0.717) is 21.5 Å². The summed E-state index contributed by atoms with van der Waals surface area (Å²) in [6.07, 6.45) is -0.741. The van der Waals surface area contributed by atoms with Gasteiger partial charge in [-0.3, -0.25) is 9.52 Å². The molecule has 0 fully saturated rings. The summed E-state index contributed by atoms with van der Waals surface area (Å²) in [7, 11) is -3.86. The van der Waals surface area contributed by atoms with Gasteiger partial charge in [0.2, 0.25) is 0 Å². The Balaban J connectivity index is 1.65. The van der Waals surface area contributed by atoms with Gasteiger partial charge in [-0.15, -0.1) is 0 Å². The third-order valence-corrected chi connectivity index (χ3v) is 6.54. The first kappa shape index (κ1) is 23.9. The second kappa shape index (κ2) is 9.81. The summed E-state index contributed by atoms with van der Waals surface area (Å²) in [6, 6.07) is 15.8. The number of nitrogens with one attached hydrogen (secondary N) is 2. The van der Waals surface area contributed by atoms with Gasteiger partial charge in [-0.05, 0) is 86.5 Å². The van der Waals surface area contributed by atoms with Gasteiger partial charge in [0, 0.05) is 15.7 Å². The van der Waals surface area contributed by atoms with Gasteiger partial charge in [-0.25, -0.2) is 8.42 Å². The lowest BCUT2D eigenvalue weighted by Gasteiger charge is -2.16. The van der Waals surface area contributed by atoms with Crippen LogP contribution in [0.2, 0.25) is 10.0 Å². The molecule has 3 aromatic carbocycles. The maximum atomic E-state index is 12.6. The van der Waals surface area contributed by atoms with Crippen LogP contribution in [-0.2, 0) is 14.8 Å². The van der Waals surface area contributed by atoms with E-state index in [0.717, 1.165) is 11.1 Å². The summed E-state index contributed by atoms with van der Waals surface area (Å²) in [6.45, 7) is 5.61. The maximum Gasteiger partial charge on any atom is 0.265 e. The fraction of sp³-hybridized carbons (Fsp3) is 0.174. The Hall–Kier alpha value is -2.74. The summed E-state index contributed by atoms with van der Waals surface area (Å²) < 4.78 is 33.4. The molecule has 0 saturated carbocycles. The van der Waals surface area contributed by atoms with Crippen LogP contribution < -0.4 is 14.8 Å². The molecule has 9 heteroatoms. The summed E-state index contributed by atoms with van der Waals surface area (Å²) in [5, 5.41) is 3.34. The quantitative estimate of drug-likeness (QED) is 0.435. The van der Waals surface area contributed by atoms with E-state index in [-0.39, 0.29) is 16.5 Å². The smallest absolute Gasteiger partial charge is 0.265 e. The Kier molecular flexibility index (Phi) is 7.33. The number of hydrogen-bond donors (Lipinski definition) is 2. The lowest BCUT2D eigenvalue weighted by Crippen LogP contribution is -2.30. The molecule has 0 heterocycles. The number of amides is 1. The maximum absolute atomic E-state index is 12.6. The fourth-order valence-corrected chi connectivity index (χ4v) is 4.40. The molecule has 0 bridgehead atoms. The van der Waals surface area contributed by atoms with Crippen LogP contribution >= 0.6 is 23.2 Å². The molecule has 1 atom stereocenters. The summed E-state index contributed by atoms with van der Waals surface area (Å²) >= 11 is 11.8. The van der Waals surface area contributed by atoms with Crippen LogP contribution in [0.15, 0.2) is 65.6 Å². The molecule has 0 aliphatic heterocycles. The zero-order valence-corrected chi connectivity index (χ0v) is 20.0. The van der Waals surface area contributed by atoms with E-state index < -0.39 is 16.1 Å². The standard InChI is InChI=1S/C23H22Cl2N2O4S/c1-14-4-7-21(10-15(14)2)31-16(3)23(28)26-19-5-8-22(9-6-19)32(29,30)27-20-12-17(24)11-18(25)13-20/h4-13,16,27H,1-3H3,(H,26,28)/t16-/m0/s1. The molecule has 0 unspecified atom stereocenters. The Morgan fingerprint density at radius 2 is 1.50 bits per heavy atom. The molecule has 0 aromatic heterocycles. The molecule has 0 aliphatic rings. The summed E-state index contributed by atoms with van der Waals surface area (Å²) in [5.74, 6) is 0.245. The highest BCUT2D eigenvalue weighted by Gasteiger charge is 2.17. The molecule has 3 aromatic rings. The van der Waals surface area contributed by atoms with Gasteiger partial charge in [0.1, 0.15) is 5.75 Å². The number of carbonyl (C=O) groups excluding carboxylic acids is 1. The first-order valence-corrected chi connectivity index (χ1v) is 11.9. The van der Waals surface area contributed by atoms with E-state index in [9.17, 15) is 13.2 Å². The number of ether oxygens (including phenoxy) is 1. The average Bonchev–Trinajstić information content (AvgIpc) is 2.70. The van der Waals surface area contributed by atoms with Crippen LogP contribution in [0.3, 0.4) is 0 Å². The predicted molar refractivity (Wildman–Crippen MR) is 128 cm³/mol. The van der Waals surface area contributed by atoms with Gasteiger partial charge in [0.15, 0.2) is 6.10 Å². The molecule has 6 nitrogen and oxygen atoms in total. The third-order valence-electron chi connectivity index (χ3n) is 4.71. The van der Waals surface area contributed by atoms with Crippen molar-refractivity contribution in [3.05, 3.63) is 81.8 Å². The van der Waals surface area contributed by atoms with Crippen molar-refractivity contribution < 1.29 is 17.9 Å². The third kappa shape index (κ3) is 6.16. The topological polar surface area (TPSA) is 84.5 Å². The van der Waals surface area contributed by atoms with Crippen molar-refractivity contribution in [2.24, 2.45) is 0 Å². The lowest BCUT2D eigenvalue weighted by atomic mass is 10.1.